The summed E-state index contributed by atoms with van der Waals surface area (Å²) < 4.78 is 39.0. The number of hydrogen-bond donors (Lipinski definition) is 2. The lowest BCUT2D eigenvalue weighted by atomic mass is 10.0. The van der Waals surface area contributed by atoms with E-state index in [9.17, 15) is 28.1 Å². The van der Waals surface area contributed by atoms with Crippen molar-refractivity contribution >= 4 is 11.6 Å². The minimum atomic E-state index is -4.48. The average Bonchev–Trinajstić information content (AvgIpc) is 3.08. The second-order valence-electron chi connectivity index (χ2n) is 5.39. The summed E-state index contributed by atoms with van der Waals surface area (Å²) in [6, 6.07) is 4.66. The van der Waals surface area contributed by atoms with Crippen molar-refractivity contribution < 1.29 is 22.9 Å². The monoisotopic (exact) mass is 340 g/mol. The molecule has 1 fully saturated rings. The molecule has 0 aliphatic heterocycles. The molecule has 0 unspecified atom stereocenters. The molecule has 1 aliphatic carbocycles. The molecule has 1 amide bonds. The lowest BCUT2D eigenvalue weighted by Crippen LogP contribution is -2.27. The van der Waals surface area contributed by atoms with Gasteiger partial charge in [-0.15, -0.1) is 0 Å². The van der Waals surface area contributed by atoms with Crippen molar-refractivity contribution in [1.29, 1.82) is 0 Å². The van der Waals surface area contributed by atoms with E-state index in [4.69, 9.17) is 0 Å². The first-order valence-electron chi connectivity index (χ1n) is 6.93. The Bertz CT molecular complexity index is 803. The van der Waals surface area contributed by atoms with Crippen molar-refractivity contribution in [2.24, 2.45) is 0 Å². The van der Waals surface area contributed by atoms with E-state index in [1.807, 2.05) is 0 Å². The number of carbonyl (C=O) groups is 1. The molecule has 2 N–H and O–H groups in total. The Morgan fingerprint density at radius 1 is 1.38 bits per heavy atom. The third kappa shape index (κ3) is 2.94. The van der Waals surface area contributed by atoms with Crippen LogP contribution in [0.4, 0.5) is 18.9 Å². The first kappa shape index (κ1) is 16.0. The summed E-state index contributed by atoms with van der Waals surface area (Å²) in [6.07, 6.45) is -3.24. The number of aromatic amines is 1. The van der Waals surface area contributed by atoms with E-state index in [0.717, 1.165) is 12.3 Å². The molecule has 0 saturated heterocycles. The highest BCUT2D eigenvalue weighted by atomic mass is 19.4. The zero-order valence-corrected chi connectivity index (χ0v) is 12.0. The summed E-state index contributed by atoms with van der Waals surface area (Å²) in [7, 11) is 0. The van der Waals surface area contributed by atoms with Crippen molar-refractivity contribution in [2.45, 2.75) is 24.6 Å². The maximum Gasteiger partial charge on any atom is 0.416 e. The van der Waals surface area contributed by atoms with Crippen LogP contribution in [0.2, 0.25) is 0 Å². The Balaban J connectivity index is 1.74. The SMILES string of the molecule is O=C(N[C@@H]1C[C@@H]1c1ccccc1C(F)(F)F)c1[nH]ncc1[N+](=O)[O-]. The molecular weight excluding hydrogens is 329 g/mol. The molecule has 24 heavy (non-hydrogen) atoms. The van der Waals surface area contributed by atoms with Crippen molar-refractivity contribution in [1.82, 2.24) is 15.5 Å². The van der Waals surface area contributed by atoms with Crippen LogP contribution in [0.15, 0.2) is 30.5 Å². The summed E-state index contributed by atoms with van der Waals surface area (Å²) in [5, 5.41) is 18.9. The fourth-order valence-electron chi connectivity index (χ4n) is 2.60. The average molecular weight is 340 g/mol. The Hall–Kier alpha value is -2.91. The van der Waals surface area contributed by atoms with Gasteiger partial charge in [0.2, 0.25) is 5.69 Å². The standard InChI is InChI=1S/C14H11F3N4O3/c15-14(16,17)9-4-2-1-3-7(9)8-5-10(8)19-13(22)12-11(21(23)24)6-18-20-12/h1-4,6,8,10H,5H2,(H,18,20)(H,19,22)/t8-,10-/m1/s1. The van der Waals surface area contributed by atoms with Crippen molar-refractivity contribution in [3.8, 4) is 0 Å². The Labute approximate surface area is 133 Å². The van der Waals surface area contributed by atoms with Gasteiger partial charge < -0.3 is 5.32 Å². The van der Waals surface area contributed by atoms with Gasteiger partial charge in [0.25, 0.3) is 5.91 Å². The third-order valence-corrected chi connectivity index (χ3v) is 3.82. The van der Waals surface area contributed by atoms with E-state index < -0.39 is 40.2 Å². The fraction of sp³-hybridized carbons (Fsp3) is 0.286. The lowest BCUT2D eigenvalue weighted by molar-refractivity contribution is -0.385. The van der Waals surface area contributed by atoms with Crippen LogP contribution in [0.5, 0.6) is 0 Å². The Morgan fingerprint density at radius 3 is 2.75 bits per heavy atom. The van der Waals surface area contributed by atoms with Crippen LogP contribution in [-0.4, -0.2) is 27.1 Å². The number of nitrogens with zero attached hydrogens (tertiary/aromatic N) is 2. The molecule has 10 heteroatoms. The molecule has 1 aromatic carbocycles. The minimum Gasteiger partial charge on any atom is -0.347 e. The second-order valence-corrected chi connectivity index (χ2v) is 5.39. The van der Waals surface area contributed by atoms with E-state index in [0.29, 0.717) is 6.42 Å². The Kier molecular flexibility index (Phi) is 3.74. The molecule has 0 spiro atoms. The van der Waals surface area contributed by atoms with Crippen LogP contribution in [0, 0.1) is 10.1 Å². The molecular formula is C14H11F3N4O3. The molecule has 3 rings (SSSR count). The summed E-state index contributed by atoms with van der Waals surface area (Å²) in [4.78, 5) is 22.0. The topological polar surface area (TPSA) is 101 Å². The van der Waals surface area contributed by atoms with Gasteiger partial charge >= 0.3 is 11.9 Å². The van der Waals surface area contributed by atoms with Crippen LogP contribution in [0.25, 0.3) is 0 Å². The number of nitrogens with one attached hydrogen (secondary N) is 2. The van der Waals surface area contributed by atoms with Crippen LogP contribution in [0.1, 0.15) is 34.0 Å². The number of benzene rings is 1. The summed E-state index contributed by atoms with van der Waals surface area (Å²) >= 11 is 0. The normalized spacial score (nSPS) is 19.8. The van der Waals surface area contributed by atoms with E-state index in [-0.39, 0.29) is 11.3 Å². The molecule has 0 radical (unpaired) electrons. The van der Waals surface area contributed by atoms with Crippen LogP contribution in [-0.2, 0) is 6.18 Å². The molecule has 1 aliphatic rings. The van der Waals surface area contributed by atoms with Gasteiger partial charge in [0.15, 0.2) is 0 Å². The summed E-state index contributed by atoms with van der Waals surface area (Å²) in [5.41, 5.74) is -1.44. The number of rotatable bonds is 4. The smallest absolute Gasteiger partial charge is 0.347 e. The molecule has 1 aromatic heterocycles. The maximum atomic E-state index is 13.0. The molecule has 2 atom stereocenters. The van der Waals surface area contributed by atoms with Gasteiger partial charge in [-0.1, -0.05) is 18.2 Å². The number of carbonyl (C=O) groups excluding carboxylic acids is 1. The van der Waals surface area contributed by atoms with Gasteiger partial charge in [0.1, 0.15) is 6.20 Å². The zero-order valence-electron chi connectivity index (χ0n) is 12.0. The molecule has 126 valence electrons. The molecule has 0 bridgehead atoms. The van der Waals surface area contributed by atoms with Crippen molar-refractivity contribution in [2.75, 3.05) is 0 Å². The van der Waals surface area contributed by atoms with Gasteiger partial charge in [0.05, 0.1) is 10.5 Å². The highest BCUT2D eigenvalue weighted by molar-refractivity contribution is 5.96. The first-order valence-corrected chi connectivity index (χ1v) is 6.93. The minimum absolute atomic E-state index is 0.106. The largest absolute Gasteiger partial charge is 0.416 e. The zero-order chi connectivity index (χ0) is 17.5. The van der Waals surface area contributed by atoms with Gasteiger partial charge in [-0.3, -0.25) is 20.0 Å². The maximum absolute atomic E-state index is 13.0. The third-order valence-electron chi connectivity index (χ3n) is 3.82. The van der Waals surface area contributed by atoms with Gasteiger partial charge in [-0.25, -0.2) is 0 Å². The van der Waals surface area contributed by atoms with E-state index in [1.165, 1.54) is 18.2 Å². The summed E-state index contributed by atoms with van der Waals surface area (Å²) in [6.45, 7) is 0. The molecule has 7 nitrogen and oxygen atoms in total. The molecule has 2 aromatic rings. The highest BCUT2D eigenvalue weighted by Crippen LogP contribution is 2.46. The number of nitro groups is 1. The predicted molar refractivity (Wildman–Crippen MR) is 75.3 cm³/mol. The lowest BCUT2D eigenvalue weighted by Gasteiger charge is -2.12. The quantitative estimate of drug-likeness (QED) is 0.660. The summed E-state index contributed by atoms with van der Waals surface area (Å²) in [5.74, 6) is -1.25. The van der Waals surface area contributed by atoms with Gasteiger partial charge in [-0.2, -0.15) is 18.3 Å². The second kappa shape index (κ2) is 5.62. The number of alkyl halides is 3. The first-order chi connectivity index (χ1) is 11.3. The van der Waals surface area contributed by atoms with Crippen LogP contribution < -0.4 is 5.32 Å². The molecule has 1 saturated carbocycles. The van der Waals surface area contributed by atoms with Crippen LogP contribution >= 0.6 is 0 Å². The van der Waals surface area contributed by atoms with E-state index >= 15 is 0 Å². The van der Waals surface area contributed by atoms with Crippen LogP contribution in [0.3, 0.4) is 0 Å². The van der Waals surface area contributed by atoms with Crippen molar-refractivity contribution in [3.63, 3.8) is 0 Å². The fourth-order valence-corrected chi connectivity index (χ4v) is 2.60. The van der Waals surface area contributed by atoms with Gasteiger partial charge in [-0.05, 0) is 18.1 Å². The number of H-pyrrole nitrogens is 1. The predicted octanol–water partition coefficient (Wildman–Crippen LogP) is 2.62. The number of amides is 1. The van der Waals surface area contributed by atoms with E-state index in [2.05, 4.69) is 15.5 Å². The molecule has 1 heterocycles. The van der Waals surface area contributed by atoms with Crippen molar-refractivity contribution in [3.05, 3.63) is 57.4 Å². The number of aromatic nitrogens is 2. The Morgan fingerprint density at radius 2 is 2.08 bits per heavy atom. The number of hydrogen-bond acceptors (Lipinski definition) is 4. The highest BCUT2D eigenvalue weighted by Gasteiger charge is 2.45. The van der Waals surface area contributed by atoms with Gasteiger partial charge in [0, 0.05) is 12.0 Å². The number of halogens is 3. The van der Waals surface area contributed by atoms with E-state index in [1.54, 1.807) is 0 Å².